The van der Waals surface area contributed by atoms with Crippen LogP contribution in [-0.4, -0.2) is 23.7 Å². The Morgan fingerprint density at radius 1 is 1.67 bits per heavy atom. The van der Waals surface area contributed by atoms with Gasteiger partial charge in [0.05, 0.1) is 11.7 Å². The predicted molar refractivity (Wildman–Crippen MR) is 55.4 cm³/mol. The van der Waals surface area contributed by atoms with E-state index in [-0.39, 0.29) is 12.1 Å². The van der Waals surface area contributed by atoms with Gasteiger partial charge in [-0.05, 0) is 25.1 Å². The fourth-order valence-corrected chi connectivity index (χ4v) is 1.18. The van der Waals surface area contributed by atoms with Gasteiger partial charge < -0.3 is 10.4 Å². The number of hydrogen-bond acceptors (Lipinski definition) is 2. The fourth-order valence-electron chi connectivity index (χ4n) is 1.01. The largest absolute Gasteiger partial charge is 0.392 e. The molecule has 2 N–H and O–H groups in total. The molecule has 0 radical (unpaired) electrons. The van der Waals surface area contributed by atoms with Gasteiger partial charge in [0.2, 0.25) is 0 Å². The van der Waals surface area contributed by atoms with Gasteiger partial charge in [-0.25, -0.2) is 4.39 Å². The molecule has 5 heteroatoms. The Hall–Kier alpha value is -1.13. The Morgan fingerprint density at radius 2 is 2.33 bits per heavy atom. The number of amides is 1. The number of nitrogens with one attached hydrogen (secondary N) is 1. The molecule has 0 fully saturated rings. The standard InChI is InChI=1S/C10H11ClFNO2/c1-6(14)5-13-10(15)8-4-7(11)2-3-9(8)12/h2-4,6,14H,5H2,1H3,(H,13,15)/t6-/m1/s1. The zero-order chi connectivity index (χ0) is 11.4. The van der Waals surface area contributed by atoms with Crippen molar-refractivity contribution in [1.82, 2.24) is 5.32 Å². The molecule has 0 bridgehead atoms. The SMILES string of the molecule is C[C@@H](O)CNC(=O)c1cc(Cl)ccc1F. The third-order valence-corrected chi connectivity index (χ3v) is 1.97. The molecule has 0 aliphatic rings. The van der Waals surface area contributed by atoms with E-state index in [0.717, 1.165) is 6.07 Å². The van der Waals surface area contributed by atoms with E-state index < -0.39 is 17.8 Å². The van der Waals surface area contributed by atoms with Crippen LogP contribution in [0.1, 0.15) is 17.3 Å². The average Bonchev–Trinajstić information content (AvgIpc) is 2.18. The summed E-state index contributed by atoms with van der Waals surface area (Å²) in [6.07, 6.45) is -0.670. The lowest BCUT2D eigenvalue weighted by Crippen LogP contribution is -2.31. The third-order valence-electron chi connectivity index (χ3n) is 1.73. The summed E-state index contributed by atoms with van der Waals surface area (Å²) in [4.78, 5) is 11.4. The van der Waals surface area contributed by atoms with E-state index in [4.69, 9.17) is 16.7 Å². The summed E-state index contributed by atoms with van der Waals surface area (Å²) in [5, 5.41) is 11.6. The van der Waals surface area contributed by atoms with Crippen LogP contribution >= 0.6 is 11.6 Å². The Bertz CT molecular complexity index is 368. The van der Waals surface area contributed by atoms with Crippen LogP contribution in [0, 0.1) is 5.82 Å². The van der Waals surface area contributed by atoms with E-state index in [1.807, 2.05) is 0 Å². The van der Waals surface area contributed by atoms with Crippen LogP contribution < -0.4 is 5.32 Å². The molecule has 1 aromatic carbocycles. The number of halogens is 2. The second-order valence-corrected chi connectivity index (χ2v) is 3.62. The first kappa shape index (κ1) is 11.9. The van der Waals surface area contributed by atoms with Crippen LogP contribution in [0.25, 0.3) is 0 Å². The van der Waals surface area contributed by atoms with Crippen LogP contribution in [-0.2, 0) is 0 Å². The molecular formula is C10H11ClFNO2. The highest BCUT2D eigenvalue weighted by Gasteiger charge is 2.12. The predicted octanol–water partition coefficient (Wildman–Crippen LogP) is 1.59. The molecule has 0 aliphatic carbocycles. The molecule has 0 aliphatic heterocycles. The van der Waals surface area contributed by atoms with Crippen LogP contribution in [0.2, 0.25) is 5.02 Å². The van der Waals surface area contributed by atoms with Crippen molar-refractivity contribution < 1.29 is 14.3 Å². The monoisotopic (exact) mass is 231 g/mol. The molecular weight excluding hydrogens is 221 g/mol. The molecule has 1 amide bonds. The summed E-state index contributed by atoms with van der Waals surface area (Å²) in [6.45, 7) is 1.60. The molecule has 0 saturated heterocycles. The van der Waals surface area contributed by atoms with Gasteiger partial charge in [-0.1, -0.05) is 11.6 Å². The van der Waals surface area contributed by atoms with Gasteiger partial charge in [0, 0.05) is 11.6 Å². The van der Waals surface area contributed by atoms with E-state index in [1.165, 1.54) is 19.1 Å². The molecule has 0 spiro atoms. The normalized spacial score (nSPS) is 12.3. The fraction of sp³-hybridized carbons (Fsp3) is 0.300. The maximum Gasteiger partial charge on any atom is 0.254 e. The van der Waals surface area contributed by atoms with Crippen molar-refractivity contribution in [3.8, 4) is 0 Å². The highest BCUT2D eigenvalue weighted by molar-refractivity contribution is 6.30. The number of aliphatic hydroxyl groups is 1. The molecule has 3 nitrogen and oxygen atoms in total. The highest BCUT2D eigenvalue weighted by atomic mass is 35.5. The van der Waals surface area contributed by atoms with Crippen molar-refractivity contribution in [2.45, 2.75) is 13.0 Å². The molecule has 1 atom stereocenters. The lowest BCUT2D eigenvalue weighted by Gasteiger charge is -2.07. The number of carbonyl (C=O) groups is 1. The highest BCUT2D eigenvalue weighted by Crippen LogP contribution is 2.14. The van der Waals surface area contributed by atoms with Crippen molar-refractivity contribution in [3.63, 3.8) is 0 Å². The van der Waals surface area contributed by atoms with E-state index in [0.29, 0.717) is 5.02 Å². The zero-order valence-electron chi connectivity index (χ0n) is 8.13. The van der Waals surface area contributed by atoms with Crippen molar-refractivity contribution >= 4 is 17.5 Å². The van der Waals surface area contributed by atoms with Crippen LogP contribution in [0.3, 0.4) is 0 Å². The van der Waals surface area contributed by atoms with Gasteiger partial charge in [0.1, 0.15) is 5.82 Å². The van der Waals surface area contributed by atoms with Crippen molar-refractivity contribution in [3.05, 3.63) is 34.6 Å². The summed E-state index contributed by atoms with van der Waals surface area (Å²) in [5.41, 5.74) is -0.122. The van der Waals surface area contributed by atoms with Gasteiger partial charge in [0.15, 0.2) is 0 Å². The average molecular weight is 232 g/mol. The van der Waals surface area contributed by atoms with E-state index in [2.05, 4.69) is 5.32 Å². The van der Waals surface area contributed by atoms with Gasteiger partial charge in [-0.3, -0.25) is 4.79 Å². The second kappa shape index (κ2) is 5.09. The molecule has 0 heterocycles. The maximum absolute atomic E-state index is 13.2. The number of hydrogen-bond donors (Lipinski definition) is 2. The zero-order valence-corrected chi connectivity index (χ0v) is 8.88. The summed E-state index contributed by atoms with van der Waals surface area (Å²) in [7, 11) is 0. The van der Waals surface area contributed by atoms with E-state index in [9.17, 15) is 9.18 Å². The first-order valence-electron chi connectivity index (χ1n) is 4.42. The van der Waals surface area contributed by atoms with Crippen LogP contribution in [0.15, 0.2) is 18.2 Å². The molecule has 0 aromatic heterocycles. The topological polar surface area (TPSA) is 49.3 Å². The Kier molecular flexibility index (Phi) is 4.05. The first-order valence-corrected chi connectivity index (χ1v) is 4.80. The van der Waals surface area contributed by atoms with Crippen molar-refractivity contribution in [2.24, 2.45) is 0 Å². The Labute approximate surface area is 91.9 Å². The van der Waals surface area contributed by atoms with E-state index in [1.54, 1.807) is 0 Å². The van der Waals surface area contributed by atoms with Gasteiger partial charge in [-0.15, -0.1) is 0 Å². The summed E-state index contributed by atoms with van der Waals surface area (Å²) in [6, 6.07) is 3.73. The van der Waals surface area contributed by atoms with E-state index >= 15 is 0 Å². The van der Waals surface area contributed by atoms with Crippen LogP contribution in [0.5, 0.6) is 0 Å². The molecule has 15 heavy (non-hydrogen) atoms. The minimum Gasteiger partial charge on any atom is -0.392 e. The Morgan fingerprint density at radius 3 is 2.93 bits per heavy atom. The summed E-state index contributed by atoms with van der Waals surface area (Å²) in [5.74, 6) is -1.22. The summed E-state index contributed by atoms with van der Waals surface area (Å²) >= 11 is 5.63. The van der Waals surface area contributed by atoms with Crippen molar-refractivity contribution in [1.29, 1.82) is 0 Å². The molecule has 0 saturated carbocycles. The minimum atomic E-state index is -0.670. The molecule has 0 unspecified atom stereocenters. The lowest BCUT2D eigenvalue weighted by molar-refractivity contribution is 0.0920. The quantitative estimate of drug-likeness (QED) is 0.830. The number of carbonyl (C=O) groups excluding carboxylic acids is 1. The smallest absolute Gasteiger partial charge is 0.254 e. The molecule has 1 aromatic rings. The van der Waals surface area contributed by atoms with Gasteiger partial charge in [0.25, 0.3) is 5.91 Å². The summed E-state index contributed by atoms with van der Waals surface area (Å²) < 4.78 is 13.2. The lowest BCUT2D eigenvalue weighted by atomic mass is 10.2. The van der Waals surface area contributed by atoms with Crippen LogP contribution in [0.4, 0.5) is 4.39 Å². The first-order chi connectivity index (χ1) is 7.00. The van der Waals surface area contributed by atoms with Gasteiger partial charge >= 0.3 is 0 Å². The number of aliphatic hydroxyl groups excluding tert-OH is 1. The molecule has 1 rings (SSSR count). The number of benzene rings is 1. The second-order valence-electron chi connectivity index (χ2n) is 3.18. The van der Waals surface area contributed by atoms with Crippen molar-refractivity contribution in [2.75, 3.05) is 6.54 Å². The maximum atomic E-state index is 13.2. The number of rotatable bonds is 3. The van der Waals surface area contributed by atoms with Gasteiger partial charge in [-0.2, -0.15) is 0 Å². The molecule has 82 valence electrons. The minimum absolute atomic E-state index is 0.0742. The third kappa shape index (κ3) is 3.49. The Balaban J connectivity index is 2.77.